The van der Waals surface area contributed by atoms with Crippen molar-refractivity contribution < 1.29 is 13.2 Å². The second-order valence-electron chi connectivity index (χ2n) is 6.45. The minimum Gasteiger partial charge on any atom is -0.342 e. The molecule has 2 aromatic carbocycles. The number of benzene rings is 2. The molecule has 0 aliphatic carbocycles. The van der Waals surface area contributed by atoms with Crippen LogP contribution in [0.2, 0.25) is 0 Å². The lowest BCUT2D eigenvalue weighted by molar-refractivity contribution is -0.137. The van der Waals surface area contributed by atoms with Crippen LogP contribution in [0.5, 0.6) is 0 Å². The van der Waals surface area contributed by atoms with E-state index in [9.17, 15) is 13.2 Å². The molecule has 0 unspecified atom stereocenters. The molecular formula is C20H19F3N2. The number of hydrogen-bond acceptors (Lipinski definition) is 1. The molecule has 1 N–H and O–H groups in total. The van der Waals surface area contributed by atoms with Gasteiger partial charge in [0.15, 0.2) is 0 Å². The van der Waals surface area contributed by atoms with Crippen molar-refractivity contribution in [2.45, 2.75) is 32.1 Å². The van der Waals surface area contributed by atoms with Crippen LogP contribution in [0.15, 0.2) is 48.5 Å². The van der Waals surface area contributed by atoms with E-state index in [1.807, 2.05) is 41.0 Å². The van der Waals surface area contributed by atoms with E-state index in [2.05, 4.69) is 5.32 Å². The molecular weight excluding hydrogens is 325 g/mol. The van der Waals surface area contributed by atoms with Crippen molar-refractivity contribution in [1.82, 2.24) is 9.88 Å². The fourth-order valence-electron chi connectivity index (χ4n) is 3.82. The highest BCUT2D eigenvalue weighted by Gasteiger charge is 2.38. The summed E-state index contributed by atoms with van der Waals surface area (Å²) in [6.45, 7) is 1.85. The monoisotopic (exact) mass is 344 g/mol. The third-order valence-electron chi connectivity index (χ3n) is 4.88. The Labute approximate surface area is 144 Å². The van der Waals surface area contributed by atoms with Crippen molar-refractivity contribution >= 4 is 10.9 Å². The topological polar surface area (TPSA) is 17.0 Å². The summed E-state index contributed by atoms with van der Waals surface area (Å²) in [4.78, 5) is 0. The van der Waals surface area contributed by atoms with E-state index in [-0.39, 0.29) is 0 Å². The fraction of sp³-hybridized carbons (Fsp3) is 0.300. The molecule has 0 amide bonds. The Kier molecular flexibility index (Phi) is 4.04. The normalized spacial score (nSPS) is 14.7. The summed E-state index contributed by atoms with van der Waals surface area (Å²) >= 11 is 0. The number of hydrogen-bond donors (Lipinski definition) is 1. The molecule has 5 heteroatoms. The summed E-state index contributed by atoms with van der Waals surface area (Å²) in [5, 5.41) is 3.63. The maximum atomic E-state index is 13.9. The quantitative estimate of drug-likeness (QED) is 0.738. The Balaban J connectivity index is 1.87. The van der Waals surface area contributed by atoms with Gasteiger partial charge in [-0.25, -0.2) is 0 Å². The molecule has 0 bridgehead atoms. The number of rotatable bonds is 3. The molecule has 2 heterocycles. The maximum absolute atomic E-state index is 13.9. The fourth-order valence-corrected chi connectivity index (χ4v) is 3.82. The molecule has 0 atom stereocenters. The number of nitrogens with zero attached hydrogens (tertiary/aromatic N) is 1. The van der Waals surface area contributed by atoms with E-state index in [0.717, 1.165) is 16.6 Å². The third-order valence-corrected chi connectivity index (χ3v) is 4.88. The first-order valence-electron chi connectivity index (χ1n) is 8.50. The lowest BCUT2D eigenvalue weighted by Crippen LogP contribution is -2.18. The minimum atomic E-state index is -4.35. The molecule has 2 nitrogen and oxygen atoms in total. The minimum absolute atomic E-state index is 0.330. The Morgan fingerprint density at radius 2 is 1.76 bits per heavy atom. The number of aromatic nitrogens is 1. The van der Waals surface area contributed by atoms with Gasteiger partial charge in [-0.3, -0.25) is 0 Å². The summed E-state index contributed by atoms with van der Waals surface area (Å²) in [5.41, 5.74) is 2.68. The predicted molar refractivity (Wildman–Crippen MR) is 92.5 cm³/mol. The van der Waals surface area contributed by atoms with E-state index >= 15 is 0 Å². The van der Waals surface area contributed by atoms with E-state index in [4.69, 9.17) is 0 Å². The lowest BCUT2D eigenvalue weighted by atomic mass is 10.0. The molecule has 3 aromatic rings. The Morgan fingerprint density at radius 3 is 2.52 bits per heavy atom. The lowest BCUT2D eigenvalue weighted by Gasteiger charge is -2.13. The molecule has 0 fully saturated rings. The summed E-state index contributed by atoms with van der Waals surface area (Å²) in [6, 6.07) is 14.9. The summed E-state index contributed by atoms with van der Waals surface area (Å²) in [5.74, 6) is 0. The van der Waals surface area contributed by atoms with Crippen LogP contribution in [0.25, 0.3) is 10.9 Å². The average Bonchev–Trinajstić information content (AvgIpc) is 2.76. The van der Waals surface area contributed by atoms with E-state index in [0.29, 0.717) is 43.6 Å². The van der Waals surface area contributed by atoms with Gasteiger partial charge in [0.05, 0.1) is 11.1 Å². The van der Waals surface area contributed by atoms with Crippen molar-refractivity contribution in [3.8, 4) is 0 Å². The van der Waals surface area contributed by atoms with Gasteiger partial charge in [-0.1, -0.05) is 48.5 Å². The Morgan fingerprint density at radius 1 is 0.960 bits per heavy atom. The van der Waals surface area contributed by atoms with Crippen LogP contribution >= 0.6 is 0 Å². The second kappa shape index (κ2) is 6.23. The molecule has 25 heavy (non-hydrogen) atoms. The highest BCUT2D eigenvalue weighted by Crippen LogP contribution is 2.41. The Bertz CT molecular complexity index is 895. The predicted octanol–water partition coefficient (Wildman–Crippen LogP) is 4.55. The molecule has 0 saturated carbocycles. The number of para-hydroxylation sites is 1. The molecule has 130 valence electrons. The summed E-state index contributed by atoms with van der Waals surface area (Å²) < 4.78 is 43.5. The zero-order chi connectivity index (χ0) is 17.4. The molecule has 1 aromatic heterocycles. The maximum Gasteiger partial charge on any atom is 0.418 e. The highest BCUT2D eigenvalue weighted by molar-refractivity contribution is 5.89. The van der Waals surface area contributed by atoms with E-state index < -0.39 is 11.7 Å². The third kappa shape index (κ3) is 2.93. The standard InChI is InChI=1S/C20H19F3N2/c21-20(22,23)18-16-8-4-7-15-13-24-11-12-25(19(15)16)17(18)10-9-14-5-2-1-3-6-14/h1-8,24H,9-13H2. The van der Waals surface area contributed by atoms with Crippen LogP contribution < -0.4 is 5.32 Å². The SMILES string of the molecule is FC(F)(F)c1c(CCc2ccccc2)n2c3c(cccc13)CNCC2. The van der Waals surface area contributed by atoms with Crippen LogP contribution in [-0.4, -0.2) is 11.1 Å². The van der Waals surface area contributed by atoms with Gasteiger partial charge in [-0.2, -0.15) is 13.2 Å². The Hall–Kier alpha value is -2.27. The van der Waals surface area contributed by atoms with Gasteiger partial charge in [0.25, 0.3) is 0 Å². The van der Waals surface area contributed by atoms with Crippen LogP contribution in [0.1, 0.15) is 22.4 Å². The van der Waals surface area contributed by atoms with Crippen LogP contribution in [-0.2, 0) is 32.1 Å². The van der Waals surface area contributed by atoms with Crippen molar-refractivity contribution in [2.75, 3.05) is 6.54 Å². The van der Waals surface area contributed by atoms with Crippen LogP contribution in [0.3, 0.4) is 0 Å². The molecule has 0 radical (unpaired) electrons. The molecule has 0 spiro atoms. The molecule has 0 saturated heterocycles. The molecule has 4 rings (SSSR count). The number of alkyl halides is 3. The molecule has 1 aliphatic rings. The average molecular weight is 344 g/mol. The van der Waals surface area contributed by atoms with Gasteiger partial charge >= 0.3 is 6.18 Å². The van der Waals surface area contributed by atoms with Gasteiger partial charge in [0.2, 0.25) is 0 Å². The van der Waals surface area contributed by atoms with Gasteiger partial charge in [-0.05, 0) is 24.0 Å². The van der Waals surface area contributed by atoms with Crippen LogP contribution in [0, 0.1) is 0 Å². The van der Waals surface area contributed by atoms with Crippen molar-refractivity contribution in [3.05, 3.63) is 70.9 Å². The zero-order valence-electron chi connectivity index (χ0n) is 13.7. The summed E-state index contributed by atoms with van der Waals surface area (Å²) in [6.07, 6.45) is -3.36. The zero-order valence-corrected chi connectivity index (χ0v) is 13.7. The van der Waals surface area contributed by atoms with Gasteiger partial charge in [-0.15, -0.1) is 0 Å². The molecule has 1 aliphatic heterocycles. The van der Waals surface area contributed by atoms with Crippen molar-refractivity contribution in [2.24, 2.45) is 0 Å². The number of halogens is 3. The van der Waals surface area contributed by atoms with E-state index in [1.165, 1.54) is 0 Å². The van der Waals surface area contributed by atoms with Crippen molar-refractivity contribution in [1.29, 1.82) is 0 Å². The second-order valence-corrected chi connectivity index (χ2v) is 6.45. The van der Waals surface area contributed by atoms with Crippen molar-refractivity contribution in [3.63, 3.8) is 0 Å². The first kappa shape index (κ1) is 16.2. The smallest absolute Gasteiger partial charge is 0.342 e. The summed E-state index contributed by atoms with van der Waals surface area (Å²) in [7, 11) is 0. The van der Waals surface area contributed by atoms with Gasteiger partial charge < -0.3 is 9.88 Å². The highest BCUT2D eigenvalue weighted by atomic mass is 19.4. The van der Waals surface area contributed by atoms with E-state index in [1.54, 1.807) is 12.1 Å². The number of nitrogens with one attached hydrogen (secondary N) is 1. The first-order valence-corrected chi connectivity index (χ1v) is 8.50. The van der Waals surface area contributed by atoms with Gasteiger partial charge in [0.1, 0.15) is 0 Å². The number of aryl methyl sites for hydroxylation is 1. The largest absolute Gasteiger partial charge is 0.418 e. The van der Waals surface area contributed by atoms with Gasteiger partial charge in [0, 0.05) is 30.7 Å². The first-order chi connectivity index (χ1) is 12.1. The van der Waals surface area contributed by atoms with Crippen LogP contribution in [0.4, 0.5) is 13.2 Å².